The van der Waals surface area contributed by atoms with Gasteiger partial charge in [0.25, 0.3) is 20.0 Å². The highest BCUT2D eigenvalue weighted by atomic mass is 79.9. The molecule has 0 atom stereocenters. The van der Waals surface area contributed by atoms with Crippen molar-refractivity contribution in [2.24, 2.45) is 0 Å². The summed E-state index contributed by atoms with van der Waals surface area (Å²) in [5.74, 6) is 0.422. The SMILES string of the molecule is COc1ncc(Br)cc1NS(=O)(=O)c1ccccc1.COc1ncc(Br)cc1NS(=O)(=O)c1ccccc1.O=[N+]([O-])c1cc(Br)cnc1Cl. The Labute approximate surface area is 311 Å². The van der Waals surface area contributed by atoms with E-state index in [-0.39, 0.29) is 43.8 Å². The van der Waals surface area contributed by atoms with Crippen LogP contribution in [0.1, 0.15) is 0 Å². The molecule has 2 aromatic carbocycles. The normalized spacial score (nSPS) is 10.7. The summed E-state index contributed by atoms with van der Waals surface area (Å²) in [6, 6.07) is 20.7. The molecule has 5 rings (SSSR count). The lowest BCUT2D eigenvalue weighted by Crippen LogP contribution is -2.13. The molecule has 49 heavy (non-hydrogen) atoms. The Morgan fingerprint density at radius 1 is 0.673 bits per heavy atom. The van der Waals surface area contributed by atoms with Crippen LogP contribution in [0.25, 0.3) is 0 Å². The molecule has 0 aliphatic rings. The van der Waals surface area contributed by atoms with E-state index >= 15 is 0 Å². The van der Waals surface area contributed by atoms with Crippen LogP contribution in [-0.4, -0.2) is 50.9 Å². The minimum absolute atomic E-state index is 0.0989. The Hall–Kier alpha value is -3.88. The summed E-state index contributed by atoms with van der Waals surface area (Å²) in [4.78, 5) is 21.5. The van der Waals surface area contributed by atoms with Crippen molar-refractivity contribution < 1.29 is 31.2 Å². The third-order valence-corrected chi connectivity index (χ3v) is 9.96. The first-order chi connectivity index (χ1) is 23.2. The zero-order valence-corrected chi connectivity index (χ0v) is 32.3. The minimum Gasteiger partial charge on any atom is -0.479 e. The van der Waals surface area contributed by atoms with Crippen molar-refractivity contribution in [3.05, 3.63) is 126 Å². The zero-order valence-electron chi connectivity index (χ0n) is 25.1. The molecule has 20 heteroatoms. The predicted molar refractivity (Wildman–Crippen MR) is 195 cm³/mol. The summed E-state index contributed by atoms with van der Waals surface area (Å²) >= 11 is 14.9. The molecular weight excluding hydrogens is 900 g/mol. The van der Waals surface area contributed by atoms with Crippen LogP contribution in [0.15, 0.2) is 121 Å². The highest BCUT2D eigenvalue weighted by Gasteiger charge is 2.18. The van der Waals surface area contributed by atoms with Crippen LogP contribution in [0, 0.1) is 10.1 Å². The molecule has 3 heterocycles. The first-order valence-corrected chi connectivity index (χ1v) is 18.9. The third kappa shape index (κ3) is 11.9. The quantitative estimate of drug-likeness (QED) is 0.0836. The smallest absolute Gasteiger partial charge is 0.307 e. The maximum absolute atomic E-state index is 12.2. The number of methoxy groups -OCH3 is 2. The molecule has 5 aromatic rings. The van der Waals surface area contributed by atoms with Crippen molar-refractivity contribution in [2.75, 3.05) is 23.7 Å². The summed E-state index contributed by atoms with van der Waals surface area (Å²) in [7, 11) is -4.45. The number of rotatable bonds is 9. The Morgan fingerprint density at radius 2 is 1.04 bits per heavy atom. The van der Waals surface area contributed by atoms with Crippen molar-refractivity contribution >= 4 is 96.5 Å². The van der Waals surface area contributed by atoms with Gasteiger partial charge in [-0.3, -0.25) is 19.6 Å². The average molecular weight is 924 g/mol. The molecule has 0 saturated heterocycles. The van der Waals surface area contributed by atoms with Crippen LogP contribution >= 0.6 is 59.4 Å². The van der Waals surface area contributed by atoms with Gasteiger partial charge in [0.1, 0.15) is 11.4 Å². The second-order valence-electron chi connectivity index (χ2n) is 8.98. The van der Waals surface area contributed by atoms with E-state index in [1.807, 2.05) is 0 Å². The van der Waals surface area contributed by atoms with Crippen LogP contribution in [0.2, 0.25) is 5.15 Å². The van der Waals surface area contributed by atoms with Gasteiger partial charge >= 0.3 is 5.69 Å². The standard InChI is InChI=1S/2C12H11BrN2O3S.C5H2BrClN2O2/c2*1-18-12-11(7-9(13)8-14-12)15-19(16,17)10-5-3-2-4-6-10;6-3-1-4(9(10)11)5(7)8-2-3/h2*2-8,15H,1H3;1-2H. The second kappa shape index (κ2) is 18.2. The lowest BCUT2D eigenvalue weighted by atomic mass is 10.4. The Morgan fingerprint density at radius 3 is 1.39 bits per heavy atom. The van der Waals surface area contributed by atoms with E-state index in [1.54, 1.807) is 48.5 Å². The van der Waals surface area contributed by atoms with Gasteiger partial charge < -0.3 is 9.47 Å². The van der Waals surface area contributed by atoms with Crippen molar-refractivity contribution in [1.29, 1.82) is 0 Å². The second-order valence-corrected chi connectivity index (χ2v) is 15.4. The molecule has 0 unspecified atom stereocenters. The van der Waals surface area contributed by atoms with Crippen LogP contribution in [0.5, 0.6) is 11.8 Å². The van der Waals surface area contributed by atoms with Crippen LogP contribution in [0.3, 0.4) is 0 Å². The lowest BCUT2D eigenvalue weighted by Gasteiger charge is -2.11. The Bertz CT molecular complexity index is 2000. The molecule has 0 radical (unpaired) electrons. The molecule has 0 aliphatic carbocycles. The molecule has 0 bridgehead atoms. The maximum atomic E-state index is 12.2. The fourth-order valence-electron chi connectivity index (χ4n) is 3.47. The van der Waals surface area contributed by atoms with Crippen LogP contribution in [0.4, 0.5) is 17.1 Å². The highest BCUT2D eigenvalue weighted by Crippen LogP contribution is 2.29. The number of sulfonamides is 2. The van der Waals surface area contributed by atoms with Gasteiger partial charge in [0, 0.05) is 38.1 Å². The van der Waals surface area contributed by atoms with Gasteiger partial charge in [-0.05, 0) is 84.2 Å². The van der Waals surface area contributed by atoms with E-state index in [0.717, 1.165) is 0 Å². The molecule has 3 aromatic heterocycles. The summed E-state index contributed by atoms with van der Waals surface area (Å²) in [6.45, 7) is 0. The molecule has 0 saturated carbocycles. The first-order valence-electron chi connectivity index (χ1n) is 13.2. The summed E-state index contributed by atoms with van der Waals surface area (Å²) < 4.78 is 65.5. The van der Waals surface area contributed by atoms with Gasteiger partial charge in [-0.1, -0.05) is 48.0 Å². The number of anilines is 2. The molecular formula is C29H24Br3ClN6O8S2. The number of hydrogen-bond donors (Lipinski definition) is 2. The largest absolute Gasteiger partial charge is 0.479 e. The topological polar surface area (TPSA) is 193 Å². The molecule has 14 nitrogen and oxygen atoms in total. The van der Waals surface area contributed by atoms with Crippen molar-refractivity contribution in [1.82, 2.24) is 15.0 Å². The summed E-state index contributed by atoms with van der Waals surface area (Å²) in [5, 5.41) is 10.1. The molecule has 0 fully saturated rings. The molecule has 0 amide bonds. The minimum atomic E-state index is -3.65. The maximum Gasteiger partial charge on any atom is 0.307 e. The number of benzene rings is 2. The number of halogens is 4. The first kappa shape index (κ1) is 39.6. The third-order valence-electron chi connectivity index (χ3n) is 5.60. The monoisotopic (exact) mass is 920 g/mol. The van der Waals surface area contributed by atoms with Crippen LogP contribution < -0.4 is 18.9 Å². The van der Waals surface area contributed by atoms with E-state index in [9.17, 15) is 26.9 Å². The van der Waals surface area contributed by atoms with Crippen LogP contribution in [-0.2, 0) is 20.0 Å². The Balaban J connectivity index is 0.000000207. The predicted octanol–water partition coefficient (Wildman–Crippen LogP) is 7.71. The number of ether oxygens (including phenoxy) is 2. The van der Waals surface area contributed by atoms with E-state index in [0.29, 0.717) is 13.4 Å². The van der Waals surface area contributed by atoms with Gasteiger partial charge in [-0.2, -0.15) is 0 Å². The van der Waals surface area contributed by atoms with Gasteiger partial charge in [-0.25, -0.2) is 31.8 Å². The van der Waals surface area contributed by atoms with Gasteiger partial charge in [-0.15, -0.1) is 0 Å². The fourth-order valence-corrected chi connectivity index (χ4v) is 6.76. The van der Waals surface area contributed by atoms with Gasteiger partial charge in [0.2, 0.25) is 16.9 Å². The molecule has 0 spiro atoms. The summed E-state index contributed by atoms with van der Waals surface area (Å²) in [6.07, 6.45) is 4.45. The zero-order chi connectivity index (χ0) is 36.2. The van der Waals surface area contributed by atoms with Gasteiger partial charge in [0.05, 0.1) is 28.9 Å². The number of hydrogen-bond acceptors (Lipinski definition) is 11. The Kier molecular flexibility index (Phi) is 14.7. The average Bonchev–Trinajstić information content (AvgIpc) is 3.07. The van der Waals surface area contributed by atoms with E-state index in [1.165, 1.54) is 63.1 Å². The van der Waals surface area contributed by atoms with E-state index in [4.69, 9.17) is 21.1 Å². The number of aromatic nitrogens is 3. The number of nitrogens with one attached hydrogen (secondary N) is 2. The van der Waals surface area contributed by atoms with Crippen molar-refractivity contribution in [3.63, 3.8) is 0 Å². The molecule has 0 aliphatic heterocycles. The summed E-state index contributed by atoms with van der Waals surface area (Å²) in [5.41, 5.74) is 0.363. The van der Waals surface area contributed by atoms with Crippen molar-refractivity contribution in [3.8, 4) is 11.8 Å². The molecule has 2 N–H and O–H groups in total. The number of nitro groups is 1. The lowest BCUT2D eigenvalue weighted by molar-refractivity contribution is -0.385. The van der Waals surface area contributed by atoms with E-state index in [2.05, 4.69) is 72.2 Å². The number of pyridine rings is 3. The molecule has 258 valence electrons. The highest BCUT2D eigenvalue weighted by molar-refractivity contribution is 9.11. The van der Waals surface area contributed by atoms with E-state index < -0.39 is 25.0 Å². The fraction of sp³-hybridized carbons (Fsp3) is 0.0690. The number of nitrogens with zero attached hydrogens (tertiary/aromatic N) is 4. The van der Waals surface area contributed by atoms with Gasteiger partial charge in [0.15, 0.2) is 0 Å². The van der Waals surface area contributed by atoms with Crippen molar-refractivity contribution in [2.45, 2.75) is 9.79 Å².